The van der Waals surface area contributed by atoms with Gasteiger partial charge in [0.05, 0.1) is 6.04 Å². The molecule has 0 fully saturated rings. The first-order valence-electron chi connectivity index (χ1n) is 5.48. The minimum absolute atomic E-state index is 0.110. The molecular weight excluding hydrogens is 297 g/mol. The average molecular weight is 313 g/mol. The molecular formula is C13H16IN. The van der Waals surface area contributed by atoms with Crippen LogP contribution in [0.1, 0.15) is 37.3 Å². The molecule has 0 aliphatic heterocycles. The number of hydrogen-bond donors (Lipinski definition) is 1. The molecule has 2 N–H and O–H groups in total. The van der Waals surface area contributed by atoms with Crippen molar-refractivity contribution < 1.29 is 0 Å². The number of halogens is 1. The Kier molecular flexibility index (Phi) is 3.81. The molecule has 0 radical (unpaired) electrons. The van der Waals surface area contributed by atoms with Crippen molar-refractivity contribution in [2.24, 2.45) is 5.73 Å². The van der Waals surface area contributed by atoms with Gasteiger partial charge in [-0.15, -0.1) is 0 Å². The summed E-state index contributed by atoms with van der Waals surface area (Å²) in [5.74, 6) is 0. The van der Waals surface area contributed by atoms with Gasteiger partial charge in [-0.3, -0.25) is 0 Å². The van der Waals surface area contributed by atoms with Crippen molar-refractivity contribution in [3.63, 3.8) is 0 Å². The van der Waals surface area contributed by atoms with E-state index in [-0.39, 0.29) is 6.04 Å². The average Bonchev–Trinajstić information content (AvgIpc) is 2.30. The lowest BCUT2D eigenvalue weighted by Gasteiger charge is -2.20. The summed E-state index contributed by atoms with van der Waals surface area (Å²) in [5, 5.41) is 0. The molecule has 0 saturated heterocycles. The summed E-state index contributed by atoms with van der Waals surface area (Å²) in [6, 6.07) is 8.51. The second-order valence-electron chi connectivity index (χ2n) is 4.02. The molecule has 1 aromatic rings. The summed E-state index contributed by atoms with van der Waals surface area (Å²) in [6.07, 6.45) is 7.32. The molecule has 15 heavy (non-hydrogen) atoms. The molecule has 2 rings (SSSR count). The zero-order valence-corrected chi connectivity index (χ0v) is 10.9. The van der Waals surface area contributed by atoms with Crippen LogP contribution in [0, 0.1) is 3.57 Å². The number of nitrogens with two attached hydrogens (primary N) is 1. The second kappa shape index (κ2) is 5.12. The fourth-order valence-electron chi connectivity index (χ4n) is 2.07. The van der Waals surface area contributed by atoms with E-state index in [0.29, 0.717) is 0 Å². The molecule has 1 nitrogen and oxygen atoms in total. The van der Waals surface area contributed by atoms with Gasteiger partial charge in [0.15, 0.2) is 0 Å². The molecule has 80 valence electrons. The normalized spacial score (nSPS) is 18.4. The van der Waals surface area contributed by atoms with Gasteiger partial charge in [-0.2, -0.15) is 0 Å². The van der Waals surface area contributed by atoms with E-state index in [9.17, 15) is 0 Å². The Morgan fingerprint density at radius 2 is 2.00 bits per heavy atom. The summed E-state index contributed by atoms with van der Waals surface area (Å²) in [5.41, 5.74) is 8.99. The molecule has 1 atom stereocenters. The van der Waals surface area contributed by atoms with Crippen LogP contribution in [0.5, 0.6) is 0 Å². The van der Waals surface area contributed by atoms with Crippen LogP contribution in [0.25, 0.3) is 0 Å². The van der Waals surface area contributed by atoms with E-state index in [4.69, 9.17) is 5.73 Å². The van der Waals surface area contributed by atoms with Crippen molar-refractivity contribution >= 4 is 22.6 Å². The van der Waals surface area contributed by atoms with E-state index in [1.807, 2.05) is 0 Å². The van der Waals surface area contributed by atoms with Crippen molar-refractivity contribution in [3.05, 3.63) is 45.0 Å². The molecule has 1 aromatic carbocycles. The lowest BCUT2D eigenvalue weighted by molar-refractivity contribution is 0.647. The lowest BCUT2D eigenvalue weighted by Crippen LogP contribution is -2.16. The Balaban J connectivity index is 2.23. The van der Waals surface area contributed by atoms with Gasteiger partial charge >= 0.3 is 0 Å². The fraction of sp³-hybridized carbons (Fsp3) is 0.385. The number of allylic oxidation sites excluding steroid dienone is 1. The molecule has 1 aliphatic rings. The van der Waals surface area contributed by atoms with Crippen LogP contribution in [0.15, 0.2) is 35.9 Å². The topological polar surface area (TPSA) is 26.0 Å². The van der Waals surface area contributed by atoms with Gasteiger partial charge in [0, 0.05) is 3.57 Å². The van der Waals surface area contributed by atoms with E-state index in [1.165, 1.54) is 40.4 Å². The third-order valence-electron chi connectivity index (χ3n) is 2.97. The van der Waals surface area contributed by atoms with Gasteiger partial charge in [-0.25, -0.2) is 0 Å². The van der Waals surface area contributed by atoms with Crippen molar-refractivity contribution in [1.29, 1.82) is 0 Å². The summed E-state index contributed by atoms with van der Waals surface area (Å²) in [7, 11) is 0. The minimum atomic E-state index is 0.110. The Hall–Kier alpha value is -0.350. The van der Waals surface area contributed by atoms with Gasteiger partial charge in [0.1, 0.15) is 0 Å². The quantitative estimate of drug-likeness (QED) is 0.652. The Labute approximate surface area is 105 Å². The number of hydrogen-bond acceptors (Lipinski definition) is 1. The highest BCUT2D eigenvalue weighted by molar-refractivity contribution is 14.1. The third-order valence-corrected chi connectivity index (χ3v) is 3.95. The Bertz CT molecular complexity index is 371. The first kappa shape index (κ1) is 11.1. The predicted octanol–water partition coefficient (Wildman–Crippen LogP) is 3.79. The van der Waals surface area contributed by atoms with E-state index in [1.54, 1.807) is 0 Å². The van der Waals surface area contributed by atoms with Crippen molar-refractivity contribution in [2.45, 2.75) is 31.7 Å². The molecule has 0 aromatic heterocycles. The van der Waals surface area contributed by atoms with E-state index in [2.05, 4.69) is 52.9 Å². The van der Waals surface area contributed by atoms with Crippen LogP contribution in [0.4, 0.5) is 0 Å². The SMILES string of the molecule is NC(C1=CCCCC1)c1ccccc1I. The minimum Gasteiger partial charge on any atom is -0.321 e. The van der Waals surface area contributed by atoms with Crippen LogP contribution < -0.4 is 5.73 Å². The standard InChI is InChI=1S/C13H16IN/c14-12-9-5-4-8-11(12)13(15)10-6-2-1-3-7-10/h4-6,8-9,13H,1-3,7,15H2. The first-order valence-corrected chi connectivity index (χ1v) is 6.56. The maximum Gasteiger partial charge on any atom is 0.0521 e. The monoisotopic (exact) mass is 313 g/mol. The predicted molar refractivity (Wildman–Crippen MR) is 72.6 cm³/mol. The van der Waals surface area contributed by atoms with Crippen molar-refractivity contribution in [1.82, 2.24) is 0 Å². The Morgan fingerprint density at radius 3 is 2.67 bits per heavy atom. The molecule has 1 aliphatic carbocycles. The Morgan fingerprint density at radius 1 is 1.20 bits per heavy atom. The highest BCUT2D eigenvalue weighted by atomic mass is 127. The molecule has 2 heteroatoms. The van der Waals surface area contributed by atoms with Gasteiger partial charge in [0.2, 0.25) is 0 Å². The summed E-state index contributed by atoms with van der Waals surface area (Å²) < 4.78 is 1.27. The first-order chi connectivity index (χ1) is 7.29. The highest BCUT2D eigenvalue weighted by Crippen LogP contribution is 2.30. The molecule has 0 amide bonds. The van der Waals surface area contributed by atoms with Gasteiger partial charge in [0.25, 0.3) is 0 Å². The van der Waals surface area contributed by atoms with Crippen LogP contribution >= 0.6 is 22.6 Å². The van der Waals surface area contributed by atoms with E-state index >= 15 is 0 Å². The van der Waals surface area contributed by atoms with Crippen molar-refractivity contribution in [2.75, 3.05) is 0 Å². The zero-order chi connectivity index (χ0) is 10.7. The molecule has 0 bridgehead atoms. The van der Waals surface area contributed by atoms with Crippen LogP contribution in [0.2, 0.25) is 0 Å². The van der Waals surface area contributed by atoms with Crippen LogP contribution in [0.3, 0.4) is 0 Å². The second-order valence-corrected chi connectivity index (χ2v) is 5.19. The number of rotatable bonds is 2. The maximum absolute atomic E-state index is 6.30. The summed E-state index contributed by atoms with van der Waals surface area (Å²) in [4.78, 5) is 0. The van der Waals surface area contributed by atoms with Gasteiger partial charge in [-0.1, -0.05) is 29.8 Å². The lowest BCUT2D eigenvalue weighted by atomic mass is 9.90. The highest BCUT2D eigenvalue weighted by Gasteiger charge is 2.15. The zero-order valence-electron chi connectivity index (χ0n) is 8.75. The number of benzene rings is 1. The third kappa shape index (κ3) is 2.61. The molecule has 0 saturated carbocycles. The van der Waals surface area contributed by atoms with E-state index in [0.717, 1.165) is 0 Å². The summed E-state index contributed by atoms with van der Waals surface area (Å²) >= 11 is 2.36. The molecule has 1 unspecified atom stereocenters. The van der Waals surface area contributed by atoms with Gasteiger partial charge in [-0.05, 0) is 59.9 Å². The largest absolute Gasteiger partial charge is 0.321 e. The van der Waals surface area contributed by atoms with Crippen LogP contribution in [-0.2, 0) is 0 Å². The van der Waals surface area contributed by atoms with E-state index < -0.39 is 0 Å². The van der Waals surface area contributed by atoms with Crippen LogP contribution in [-0.4, -0.2) is 0 Å². The van der Waals surface area contributed by atoms with Crippen molar-refractivity contribution in [3.8, 4) is 0 Å². The molecule has 0 spiro atoms. The smallest absolute Gasteiger partial charge is 0.0521 e. The fourth-order valence-corrected chi connectivity index (χ4v) is 2.80. The summed E-state index contributed by atoms with van der Waals surface area (Å²) in [6.45, 7) is 0. The van der Waals surface area contributed by atoms with Gasteiger partial charge < -0.3 is 5.73 Å². The maximum atomic E-state index is 6.30. The molecule has 0 heterocycles.